The van der Waals surface area contributed by atoms with Gasteiger partial charge in [-0.1, -0.05) is 47.6 Å². The van der Waals surface area contributed by atoms with Gasteiger partial charge in [-0.3, -0.25) is 4.79 Å². The molecule has 0 bridgehead atoms. The first-order valence-electron chi connectivity index (χ1n) is 5.43. The second-order valence-corrected chi connectivity index (χ2v) is 6.71. The van der Waals surface area contributed by atoms with Crippen LogP contribution in [-0.4, -0.2) is 10.9 Å². The molecule has 0 radical (unpaired) electrons. The zero-order chi connectivity index (χ0) is 12.6. The lowest BCUT2D eigenvalue weighted by Crippen LogP contribution is -2.28. The Morgan fingerprint density at radius 1 is 1.12 bits per heavy atom. The predicted octanol–water partition coefficient (Wildman–Crippen LogP) is 5.02. The van der Waals surface area contributed by atoms with Gasteiger partial charge in [0.05, 0.1) is 20.6 Å². The summed E-state index contributed by atoms with van der Waals surface area (Å²) in [6.07, 6.45) is 3.83. The Morgan fingerprint density at radius 3 is 2.24 bits per heavy atom. The van der Waals surface area contributed by atoms with Crippen LogP contribution in [0.2, 0.25) is 15.1 Å². The molecule has 92 valence electrons. The lowest BCUT2D eigenvalue weighted by molar-refractivity contribution is 0.0944. The Balaban J connectivity index is 2.47. The zero-order valence-electron chi connectivity index (χ0n) is 9.10. The van der Waals surface area contributed by atoms with Gasteiger partial charge in [-0.05, 0) is 25.0 Å². The van der Waals surface area contributed by atoms with Gasteiger partial charge in [-0.15, -0.1) is 9.24 Å². The quantitative estimate of drug-likeness (QED) is 0.426. The van der Waals surface area contributed by atoms with Crippen molar-refractivity contribution in [1.29, 1.82) is 0 Å². The van der Waals surface area contributed by atoms with Gasteiger partial charge in [-0.25, -0.2) is 0 Å². The highest BCUT2D eigenvalue weighted by Crippen LogP contribution is 2.43. The number of halogens is 3. The van der Waals surface area contributed by atoms with E-state index in [0.717, 1.165) is 25.7 Å². The van der Waals surface area contributed by atoms with E-state index >= 15 is 0 Å². The molecule has 1 nitrogen and oxygen atoms in total. The van der Waals surface area contributed by atoms with E-state index in [1.807, 2.05) is 0 Å². The molecule has 1 aromatic carbocycles. The SMILES string of the molecule is O=C(c1c(Cl)ccc(Cl)c1Cl)C1(P)CCCC1. The van der Waals surface area contributed by atoms with Gasteiger partial charge in [-0.2, -0.15) is 0 Å². The Kier molecular flexibility index (Phi) is 4.05. The number of hydrogen-bond acceptors (Lipinski definition) is 1. The van der Waals surface area contributed by atoms with Gasteiger partial charge in [0.2, 0.25) is 0 Å². The molecule has 2 rings (SSSR count). The summed E-state index contributed by atoms with van der Waals surface area (Å²) >= 11 is 18.1. The number of ketones is 1. The maximum atomic E-state index is 12.5. The maximum absolute atomic E-state index is 12.5. The van der Waals surface area contributed by atoms with E-state index in [2.05, 4.69) is 9.24 Å². The lowest BCUT2D eigenvalue weighted by atomic mass is 9.95. The third-order valence-electron chi connectivity index (χ3n) is 3.22. The topological polar surface area (TPSA) is 17.1 Å². The maximum Gasteiger partial charge on any atom is 0.175 e. The van der Waals surface area contributed by atoms with Gasteiger partial charge in [0.1, 0.15) is 0 Å². The predicted molar refractivity (Wildman–Crippen MR) is 76.7 cm³/mol. The van der Waals surface area contributed by atoms with Crippen molar-refractivity contribution in [3.8, 4) is 0 Å². The number of carbonyl (C=O) groups excluding carboxylic acids is 1. The minimum atomic E-state index is -0.419. The highest BCUT2D eigenvalue weighted by atomic mass is 35.5. The van der Waals surface area contributed by atoms with Crippen molar-refractivity contribution < 1.29 is 4.79 Å². The van der Waals surface area contributed by atoms with E-state index in [0.29, 0.717) is 15.6 Å². The normalized spacial score (nSPS) is 18.4. The second-order valence-electron chi connectivity index (χ2n) is 4.41. The fourth-order valence-corrected chi connectivity index (χ4v) is 3.47. The van der Waals surface area contributed by atoms with E-state index < -0.39 is 5.16 Å². The molecule has 1 aliphatic rings. The molecule has 1 saturated carbocycles. The van der Waals surface area contributed by atoms with Gasteiger partial charge in [0.15, 0.2) is 5.78 Å². The third-order valence-corrected chi connectivity index (χ3v) is 5.18. The van der Waals surface area contributed by atoms with Gasteiger partial charge in [0, 0.05) is 5.16 Å². The third kappa shape index (κ3) is 2.49. The first kappa shape index (κ1) is 13.6. The lowest BCUT2D eigenvalue weighted by Gasteiger charge is -2.23. The van der Waals surface area contributed by atoms with Gasteiger partial charge >= 0.3 is 0 Å². The monoisotopic (exact) mass is 308 g/mol. The van der Waals surface area contributed by atoms with Crippen molar-refractivity contribution in [1.82, 2.24) is 0 Å². The van der Waals surface area contributed by atoms with E-state index in [1.165, 1.54) is 0 Å². The van der Waals surface area contributed by atoms with Crippen LogP contribution in [0.4, 0.5) is 0 Å². The van der Waals surface area contributed by atoms with Crippen LogP contribution < -0.4 is 0 Å². The van der Waals surface area contributed by atoms with Crippen LogP contribution in [-0.2, 0) is 0 Å². The van der Waals surface area contributed by atoms with E-state index in [-0.39, 0.29) is 10.8 Å². The number of hydrogen-bond donors (Lipinski definition) is 0. The van der Waals surface area contributed by atoms with Crippen molar-refractivity contribution in [2.45, 2.75) is 30.8 Å². The van der Waals surface area contributed by atoms with Crippen molar-refractivity contribution in [3.63, 3.8) is 0 Å². The Labute approximate surface area is 118 Å². The molecule has 0 amide bonds. The molecule has 1 aromatic rings. The summed E-state index contributed by atoms with van der Waals surface area (Å²) in [7, 11) is 2.67. The van der Waals surface area contributed by atoms with Crippen LogP contribution in [0, 0.1) is 0 Å². The van der Waals surface area contributed by atoms with Crippen LogP contribution in [0.15, 0.2) is 12.1 Å². The minimum Gasteiger partial charge on any atom is -0.293 e. The molecular weight excluding hydrogens is 297 g/mol. The van der Waals surface area contributed by atoms with E-state index in [4.69, 9.17) is 34.8 Å². The van der Waals surface area contributed by atoms with Crippen molar-refractivity contribution in [3.05, 3.63) is 32.8 Å². The number of benzene rings is 1. The molecule has 0 saturated heterocycles. The van der Waals surface area contributed by atoms with Crippen LogP contribution >= 0.6 is 44.0 Å². The minimum absolute atomic E-state index is 0.0162. The summed E-state index contributed by atoms with van der Waals surface area (Å²) in [4.78, 5) is 12.5. The summed E-state index contributed by atoms with van der Waals surface area (Å²) < 4.78 is 0. The summed E-state index contributed by atoms with van der Waals surface area (Å²) in [6.45, 7) is 0. The fourth-order valence-electron chi connectivity index (χ4n) is 2.22. The van der Waals surface area contributed by atoms with Crippen LogP contribution in [0.1, 0.15) is 36.0 Å². The van der Waals surface area contributed by atoms with Crippen molar-refractivity contribution >= 4 is 49.8 Å². The zero-order valence-corrected chi connectivity index (χ0v) is 12.5. The number of carbonyl (C=O) groups is 1. The average Bonchev–Trinajstić information content (AvgIpc) is 2.72. The van der Waals surface area contributed by atoms with Gasteiger partial charge in [0.25, 0.3) is 0 Å². The number of Topliss-reactive ketones (excluding diaryl/α,β-unsaturated/α-hetero) is 1. The summed E-state index contributed by atoms with van der Waals surface area (Å²) in [5.74, 6) is -0.0162. The first-order valence-corrected chi connectivity index (χ1v) is 7.14. The van der Waals surface area contributed by atoms with Gasteiger partial charge < -0.3 is 0 Å². The molecule has 1 unspecified atom stereocenters. The Bertz CT molecular complexity index is 467. The standard InChI is InChI=1S/C12H12Cl3OP/c13-7-3-4-8(14)10(15)9(7)11(16)12(17)5-1-2-6-12/h3-4H,1-2,5-6,17H2. The highest BCUT2D eigenvalue weighted by molar-refractivity contribution is 7.21. The molecule has 0 N–H and O–H groups in total. The molecule has 1 aliphatic carbocycles. The summed E-state index contributed by atoms with van der Waals surface area (Å²) in [5, 5.41) is 0.583. The molecule has 1 atom stereocenters. The first-order chi connectivity index (χ1) is 7.96. The molecular formula is C12H12Cl3OP. The smallest absolute Gasteiger partial charge is 0.175 e. The summed E-state index contributed by atoms with van der Waals surface area (Å²) in [5.41, 5.74) is 0.359. The average molecular weight is 310 g/mol. The second kappa shape index (κ2) is 5.05. The molecule has 0 spiro atoms. The largest absolute Gasteiger partial charge is 0.293 e. The molecule has 17 heavy (non-hydrogen) atoms. The van der Waals surface area contributed by atoms with Crippen LogP contribution in [0.25, 0.3) is 0 Å². The van der Waals surface area contributed by atoms with Crippen LogP contribution in [0.3, 0.4) is 0 Å². The molecule has 1 fully saturated rings. The number of rotatable bonds is 2. The Morgan fingerprint density at radius 2 is 1.65 bits per heavy atom. The Hall–Kier alpha value is 0.190. The van der Waals surface area contributed by atoms with E-state index in [9.17, 15) is 4.79 Å². The fraction of sp³-hybridized carbons (Fsp3) is 0.417. The highest BCUT2D eigenvalue weighted by Gasteiger charge is 2.39. The van der Waals surface area contributed by atoms with E-state index in [1.54, 1.807) is 12.1 Å². The van der Waals surface area contributed by atoms with Crippen molar-refractivity contribution in [2.75, 3.05) is 0 Å². The van der Waals surface area contributed by atoms with Crippen molar-refractivity contribution in [2.24, 2.45) is 0 Å². The summed E-state index contributed by atoms with van der Waals surface area (Å²) in [6, 6.07) is 3.22. The van der Waals surface area contributed by atoms with Crippen LogP contribution in [0.5, 0.6) is 0 Å². The molecule has 5 heteroatoms. The molecule has 0 aromatic heterocycles. The molecule has 0 heterocycles. The molecule has 0 aliphatic heterocycles.